The molecule has 3 aliphatic rings. The van der Waals surface area contributed by atoms with Crippen LogP contribution in [0.4, 0.5) is 0 Å². The largest absolute Gasteiger partial charge is 0.374 e. The molecule has 0 aromatic rings. The third-order valence-electron chi connectivity index (χ3n) is 3.52. The predicted octanol–water partition coefficient (Wildman–Crippen LogP) is 2.65. The molecule has 0 unspecified atom stereocenters. The molecule has 0 atom stereocenters. The van der Waals surface area contributed by atoms with Gasteiger partial charge in [0.2, 0.25) is 0 Å². The van der Waals surface area contributed by atoms with Crippen molar-refractivity contribution in [3.8, 4) is 0 Å². The maximum Gasteiger partial charge on any atom is 0.0739 e. The van der Waals surface area contributed by atoms with Gasteiger partial charge in [-0.3, -0.25) is 0 Å². The number of ether oxygens (including phenoxy) is 1. The van der Waals surface area contributed by atoms with Crippen LogP contribution in [-0.2, 0) is 4.74 Å². The Morgan fingerprint density at radius 2 is 2.08 bits per heavy atom. The van der Waals surface area contributed by atoms with Crippen LogP contribution >= 0.6 is 0 Å². The Kier molecular flexibility index (Phi) is 1.97. The lowest BCUT2D eigenvalue weighted by Gasteiger charge is -2.51. The van der Waals surface area contributed by atoms with Crippen molar-refractivity contribution in [2.45, 2.75) is 38.2 Å². The number of rotatable bonds is 2. The van der Waals surface area contributed by atoms with E-state index < -0.39 is 0 Å². The first-order valence-electron chi connectivity index (χ1n) is 4.83. The fraction of sp³-hybridized carbons (Fsp3) is 1.00. The van der Waals surface area contributed by atoms with E-state index in [-0.39, 0.29) is 5.60 Å². The van der Waals surface area contributed by atoms with Crippen LogP contribution in [0.1, 0.15) is 32.6 Å². The van der Waals surface area contributed by atoms with Gasteiger partial charge in [0.05, 0.1) is 18.8 Å². The van der Waals surface area contributed by atoms with Crippen LogP contribution in [0.5, 0.6) is 0 Å². The molecule has 2 aliphatic heterocycles. The number of azide groups is 1. The van der Waals surface area contributed by atoms with Crippen molar-refractivity contribution in [2.24, 2.45) is 10.5 Å². The second-order valence-electron chi connectivity index (χ2n) is 4.67. The number of hydrogen-bond acceptors (Lipinski definition) is 2. The van der Waals surface area contributed by atoms with E-state index in [1.54, 1.807) is 0 Å². The van der Waals surface area contributed by atoms with Gasteiger partial charge in [0.15, 0.2) is 0 Å². The third kappa shape index (κ3) is 1.52. The minimum atomic E-state index is -0.107. The first-order valence-corrected chi connectivity index (χ1v) is 4.83. The van der Waals surface area contributed by atoms with Gasteiger partial charge in [-0.2, -0.15) is 0 Å². The number of hydrogen-bond donors (Lipinski definition) is 0. The smallest absolute Gasteiger partial charge is 0.0739 e. The molecule has 0 aromatic carbocycles. The summed E-state index contributed by atoms with van der Waals surface area (Å²) in [6, 6.07) is 0. The standard InChI is InChI=1S/C9H15N3O/c1-8-2-4-9(5-3-8,13-7-8)6-11-12-10/h2-7H2,1H3. The molecule has 0 aromatic heterocycles. The van der Waals surface area contributed by atoms with E-state index in [1.807, 2.05) is 0 Å². The highest BCUT2D eigenvalue weighted by atomic mass is 16.5. The molecule has 3 rings (SSSR count). The summed E-state index contributed by atoms with van der Waals surface area (Å²) in [6.45, 7) is 3.64. The summed E-state index contributed by atoms with van der Waals surface area (Å²) in [5.41, 5.74) is 8.57. The van der Waals surface area contributed by atoms with E-state index in [4.69, 9.17) is 10.3 Å². The molecule has 3 fully saturated rings. The SMILES string of the molecule is CC12CCC(CN=[N+]=[N-])(CC1)OC2. The third-order valence-corrected chi connectivity index (χ3v) is 3.52. The molecule has 2 bridgehead atoms. The molecule has 13 heavy (non-hydrogen) atoms. The summed E-state index contributed by atoms with van der Waals surface area (Å²) in [4.78, 5) is 2.80. The zero-order chi connectivity index (χ0) is 9.36. The second kappa shape index (κ2) is 2.89. The van der Waals surface area contributed by atoms with Gasteiger partial charge in [0.25, 0.3) is 0 Å². The number of nitrogens with zero attached hydrogens (tertiary/aromatic N) is 3. The summed E-state index contributed by atoms with van der Waals surface area (Å²) >= 11 is 0. The van der Waals surface area contributed by atoms with Crippen LogP contribution in [-0.4, -0.2) is 18.8 Å². The first-order chi connectivity index (χ1) is 6.18. The Labute approximate surface area is 77.9 Å². The van der Waals surface area contributed by atoms with E-state index >= 15 is 0 Å². The van der Waals surface area contributed by atoms with Gasteiger partial charge >= 0.3 is 0 Å². The van der Waals surface area contributed by atoms with Crippen molar-refractivity contribution in [1.82, 2.24) is 0 Å². The minimum absolute atomic E-state index is 0.107. The Balaban J connectivity index is 2.06. The van der Waals surface area contributed by atoms with Gasteiger partial charge in [-0.05, 0) is 36.6 Å². The zero-order valence-electron chi connectivity index (χ0n) is 7.99. The number of fused-ring (bicyclic) bond motifs is 3. The highest BCUT2D eigenvalue weighted by Crippen LogP contribution is 2.48. The molecule has 1 aliphatic carbocycles. The van der Waals surface area contributed by atoms with Crippen molar-refractivity contribution in [1.29, 1.82) is 0 Å². The summed E-state index contributed by atoms with van der Waals surface area (Å²) in [5, 5.41) is 3.64. The first kappa shape index (κ1) is 8.85. The normalized spacial score (nSPS) is 42.8. The summed E-state index contributed by atoms with van der Waals surface area (Å²) in [5.74, 6) is 0. The Morgan fingerprint density at radius 3 is 2.54 bits per heavy atom. The molecule has 4 nitrogen and oxygen atoms in total. The summed E-state index contributed by atoms with van der Waals surface area (Å²) < 4.78 is 5.80. The average molecular weight is 181 g/mol. The van der Waals surface area contributed by atoms with Crippen LogP contribution in [0.15, 0.2) is 5.11 Å². The van der Waals surface area contributed by atoms with Gasteiger partial charge in [-0.1, -0.05) is 12.0 Å². The van der Waals surface area contributed by atoms with Crippen molar-refractivity contribution < 1.29 is 4.74 Å². The lowest BCUT2D eigenvalue weighted by atomic mass is 9.67. The van der Waals surface area contributed by atoms with Crippen molar-refractivity contribution >= 4 is 0 Å². The Hall–Kier alpha value is -0.730. The van der Waals surface area contributed by atoms with E-state index in [1.165, 1.54) is 12.8 Å². The maximum atomic E-state index is 8.27. The maximum absolute atomic E-state index is 8.27. The van der Waals surface area contributed by atoms with Crippen LogP contribution in [0.25, 0.3) is 10.4 Å². The second-order valence-corrected chi connectivity index (χ2v) is 4.67. The van der Waals surface area contributed by atoms with Crippen LogP contribution < -0.4 is 0 Å². The highest BCUT2D eigenvalue weighted by molar-refractivity contribution is 4.98. The quantitative estimate of drug-likeness (QED) is 0.367. The van der Waals surface area contributed by atoms with Crippen molar-refractivity contribution in [3.63, 3.8) is 0 Å². The fourth-order valence-electron chi connectivity index (χ4n) is 2.29. The van der Waals surface area contributed by atoms with Gasteiger partial charge in [-0.15, -0.1) is 0 Å². The topological polar surface area (TPSA) is 58.0 Å². The van der Waals surface area contributed by atoms with E-state index in [9.17, 15) is 0 Å². The lowest BCUT2D eigenvalue weighted by Crippen LogP contribution is -2.51. The Bertz CT molecular complexity index is 233. The van der Waals surface area contributed by atoms with Crippen LogP contribution in [0, 0.1) is 5.41 Å². The van der Waals surface area contributed by atoms with Crippen LogP contribution in [0.3, 0.4) is 0 Å². The predicted molar refractivity (Wildman–Crippen MR) is 49.3 cm³/mol. The van der Waals surface area contributed by atoms with Crippen molar-refractivity contribution in [2.75, 3.05) is 13.2 Å². The van der Waals surface area contributed by atoms with E-state index in [2.05, 4.69) is 16.9 Å². The average Bonchev–Trinajstić information content (AvgIpc) is 2.18. The molecule has 0 spiro atoms. The monoisotopic (exact) mass is 181 g/mol. The molecular formula is C9H15N3O. The molecule has 4 heteroatoms. The van der Waals surface area contributed by atoms with E-state index in [0.717, 1.165) is 19.4 Å². The Morgan fingerprint density at radius 1 is 1.38 bits per heavy atom. The summed E-state index contributed by atoms with van der Waals surface area (Å²) in [7, 11) is 0. The molecule has 0 radical (unpaired) electrons. The molecule has 0 N–H and O–H groups in total. The van der Waals surface area contributed by atoms with Gasteiger partial charge in [0.1, 0.15) is 0 Å². The van der Waals surface area contributed by atoms with Gasteiger partial charge in [-0.25, -0.2) is 0 Å². The molecule has 0 amide bonds. The fourth-order valence-corrected chi connectivity index (χ4v) is 2.29. The molecule has 72 valence electrons. The van der Waals surface area contributed by atoms with E-state index in [0.29, 0.717) is 12.0 Å². The van der Waals surface area contributed by atoms with Gasteiger partial charge < -0.3 is 4.74 Å². The molecular weight excluding hydrogens is 166 g/mol. The molecule has 1 saturated carbocycles. The zero-order valence-corrected chi connectivity index (χ0v) is 7.99. The summed E-state index contributed by atoms with van der Waals surface area (Å²) in [6.07, 6.45) is 4.55. The molecule has 2 saturated heterocycles. The minimum Gasteiger partial charge on any atom is -0.374 e. The van der Waals surface area contributed by atoms with Gasteiger partial charge in [0, 0.05) is 4.91 Å². The van der Waals surface area contributed by atoms with Crippen LogP contribution in [0.2, 0.25) is 0 Å². The lowest BCUT2D eigenvalue weighted by molar-refractivity contribution is -0.171. The molecule has 2 heterocycles. The highest BCUT2D eigenvalue weighted by Gasteiger charge is 2.46. The van der Waals surface area contributed by atoms with Crippen molar-refractivity contribution in [3.05, 3.63) is 10.4 Å².